The van der Waals surface area contributed by atoms with E-state index in [0.29, 0.717) is 12.1 Å². The van der Waals surface area contributed by atoms with Crippen molar-refractivity contribution >= 4 is 17.5 Å². The molecular weight excluding hydrogens is 376 g/mol. The fourth-order valence-corrected chi connectivity index (χ4v) is 2.34. The zero-order valence-electron chi connectivity index (χ0n) is 12.0. The molecule has 0 aliphatic heterocycles. The Morgan fingerprint density at radius 1 is 0.920 bits per heavy atom. The maximum atomic E-state index is 12.9. The summed E-state index contributed by atoms with van der Waals surface area (Å²) in [6.07, 6.45) is -10.1. The van der Waals surface area contributed by atoms with E-state index in [1.165, 1.54) is 0 Å². The Balaban J connectivity index is 2.82. The second-order valence-corrected chi connectivity index (χ2v) is 5.44. The number of nitrogens with two attached hydrogens (primary N) is 1. The van der Waals surface area contributed by atoms with Crippen molar-refractivity contribution in [2.24, 2.45) is 5.73 Å². The molecule has 2 aromatic rings. The monoisotopic (exact) mass is 383 g/mol. The van der Waals surface area contributed by atoms with E-state index in [1.807, 2.05) is 0 Å². The number of carbonyl (C=O) groups is 1. The van der Waals surface area contributed by atoms with Crippen molar-refractivity contribution in [3.05, 3.63) is 52.0 Å². The largest absolute Gasteiger partial charge is 0.506 e. The van der Waals surface area contributed by atoms with Gasteiger partial charge in [0.15, 0.2) is 0 Å². The van der Waals surface area contributed by atoms with Gasteiger partial charge >= 0.3 is 12.4 Å². The van der Waals surface area contributed by atoms with Crippen molar-refractivity contribution in [2.75, 3.05) is 0 Å². The number of benzene rings is 2. The summed E-state index contributed by atoms with van der Waals surface area (Å²) in [5.74, 6) is -2.02. The molecule has 0 aliphatic rings. The van der Waals surface area contributed by atoms with Gasteiger partial charge in [-0.15, -0.1) is 0 Å². The average Bonchev–Trinajstić information content (AvgIpc) is 2.46. The van der Waals surface area contributed by atoms with Crippen molar-refractivity contribution in [2.45, 2.75) is 12.4 Å². The Morgan fingerprint density at radius 3 is 1.80 bits per heavy atom. The molecule has 134 valence electrons. The number of alkyl halides is 6. The van der Waals surface area contributed by atoms with Crippen LogP contribution < -0.4 is 5.73 Å². The third kappa shape index (κ3) is 3.98. The van der Waals surface area contributed by atoms with Crippen LogP contribution in [-0.4, -0.2) is 11.0 Å². The van der Waals surface area contributed by atoms with Gasteiger partial charge in [0.1, 0.15) is 5.75 Å². The highest BCUT2D eigenvalue weighted by Gasteiger charge is 2.37. The van der Waals surface area contributed by atoms with Crippen molar-refractivity contribution in [1.29, 1.82) is 0 Å². The highest BCUT2D eigenvalue weighted by atomic mass is 35.5. The van der Waals surface area contributed by atoms with Crippen LogP contribution in [0.5, 0.6) is 5.75 Å². The van der Waals surface area contributed by atoms with E-state index in [1.54, 1.807) is 0 Å². The molecule has 0 saturated carbocycles. The molecule has 0 heterocycles. The van der Waals surface area contributed by atoms with Gasteiger partial charge in [-0.1, -0.05) is 11.6 Å². The Hall–Kier alpha value is -2.42. The van der Waals surface area contributed by atoms with Gasteiger partial charge in [-0.3, -0.25) is 4.79 Å². The van der Waals surface area contributed by atoms with Crippen LogP contribution in [0, 0.1) is 0 Å². The van der Waals surface area contributed by atoms with E-state index in [0.717, 1.165) is 12.1 Å². The number of carbonyl (C=O) groups excluding carboxylic acids is 1. The quantitative estimate of drug-likeness (QED) is 0.728. The van der Waals surface area contributed by atoms with Crippen LogP contribution in [0.15, 0.2) is 30.3 Å². The van der Waals surface area contributed by atoms with Gasteiger partial charge < -0.3 is 10.8 Å². The number of primary amides is 1. The first-order valence-corrected chi connectivity index (χ1v) is 6.80. The molecule has 0 atom stereocenters. The zero-order chi connectivity index (χ0) is 19.2. The van der Waals surface area contributed by atoms with Crippen LogP contribution in [0.25, 0.3) is 11.1 Å². The van der Waals surface area contributed by atoms with E-state index in [9.17, 15) is 36.2 Å². The SMILES string of the molecule is NC(=O)c1cc(Cl)cc(-c2cc(C(F)(F)F)cc(C(F)(F)F)c2)c1O. The van der Waals surface area contributed by atoms with Crippen molar-refractivity contribution in [1.82, 2.24) is 0 Å². The third-order valence-electron chi connectivity index (χ3n) is 3.24. The van der Waals surface area contributed by atoms with Crippen LogP contribution >= 0.6 is 11.6 Å². The standard InChI is InChI=1S/C15H8ClF6NO2/c16-9-4-10(12(24)11(5-9)13(23)25)6-1-7(14(17,18)19)3-8(2-6)15(20,21)22/h1-5,24H,(H2,23,25). The minimum atomic E-state index is -5.06. The first-order valence-electron chi connectivity index (χ1n) is 6.43. The Bertz CT molecular complexity index is 813. The van der Waals surface area contributed by atoms with E-state index < -0.39 is 51.8 Å². The second-order valence-electron chi connectivity index (χ2n) is 5.01. The first kappa shape index (κ1) is 18.9. The van der Waals surface area contributed by atoms with Crippen molar-refractivity contribution < 1.29 is 36.2 Å². The lowest BCUT2D eigenvalue weighted by Gasteiger charge is -2.16. The van der Waals surface area contributed by atoms with Gasteiger partial charge in [-0.25, -0.2) is 0 Å². The molecule has 0 bridgehead atoms. The Morgan fingerprint density at radius 2 is 1.40 bits per heavy atom. The number of aromatic hydroxyl groups is 1. The van der Waals surface area contributed by atoms with Crippen LogP contribution in [0.3, 0.4) is 0 Å². The van der Waals surface area contributed by atoms with Gasteiger partial charge in [0.25, 0.3) is 5.91 Å². The summed E-state index contributed by atoms with van der Waals surface area (Å²) in [6.45, 7) is 0. The summed E-state index contributed by atoms with van der Waals surface area (Å²) in [4.78, 5) is 11.3. The summed E-state index contributed by atoms with van der Waals surface area (Å²) in [5.41, 5.74) is 0.225. The van der Waals surface area contributed by atoms with Gasteiger partial charge in [0, 0.05) is 10.6 Å². The van der Waals surface area contributed by atoms with Crippen LogP contribution in [0.2, 0.25) is 5.02 Å². The number of rotatable bonds is 2. The number of amides is 1. The summed E-state index contributed by atoms with van der Waals surface area (Å²) >= 11 is 5.71. The second kappa shape index (κ2) is 6.14. The topological polar surface area (TPSA) is 63.3 Å². The Kier molecular flexibility index (Phi) is 4.65. The average molecular weight is 384 g/mol. The lowest BCUT2D eigenvalue weighted by molar-refractivity contribution is -0.143. The summed E-state index contributed by atoms with van der Waals surface area (Å²) in [6, 6.07) is 2.64. The summed E-state index contributed by atoms with van der Waals surface area (Å²) in [7, 11) is 0. The molecule has 1 amide bonds. The maximum Gasteiger partial charge on any atom is 0.416 e. The zero-order valence-corrected chi connectivity index (χ0v) is 12.7. The minimum absolute atomic E-state index is 0.0555. The molecule has 0 fully saturated rings. The summed E-state index contributed by atoms with van der Waals surface area (Å²) in [5, 5.41) is 9.80. The van der Waals surface area contributed by atoms with E-state index in [-0.39, 0.29) is 11.1 Å². The third-order valence-corrected chi connectivity index (χ3v) is 3.46. The van der Waals surface area contributed by atoms with E-state index in [4.69, 9.17) is 17.3 Å². The van der Waals surface area contributed by atoms with Gasteiger partial charge in [0.2, 0.25) is 0 Å². The van der Waals surface area contributed by atoms with Gasteiger partial charge in [0.05, 0.1) is 16.7 Å². The molecule has 0 saturated heterocycles. The van der Waals surface area contributed by atoms with Gasteiger partial charge in [-0.05, 0) is 35.9 Å². The predicted octanol–water partition coefficient (Wildman–Crippen LogP) is 4.85. The molecule has 10 heteroatoms. The number of hydrogen-bond acceptors (Lipinski definition) is 2. The van der Waals surface area contributed by atoms with Crippen molar-refractivity contribution in [3.8, 4) is 16.9 Å². The lowest BCUT2D eigenvalue weighted by Crippen LogP contribution is -2.12. The number of phenols is 1. The number of halogens is 7. The molecule has 0 aliphatic carbocycles. The fraction of sp³-hybridized carbons (Fsp3) is 0.133. The molecule has 3 nitrogen and oxygen atoms in total. The van der Waals surface area contributed by atoms with Crippen LogP contribution in [-0.2, 0) is 12.4 Å². The summed E-state index contributed by atoms with van der Waals surface area (Å²) < 4.78 is 77.5. The molecule has 2 aromatic carbocycles. The molecule has 0 aromatic heterocycles. The normalized spacial score (nSPS) is 12.3. The van der Waals surface area contributed by atoms with Crippen LogP contribution in [0.4, 0.5) is 26.3 Å². The highest BCUT2D eigenvalue weighted by molar-refractivity contribution is 6.31. The highest BCUT2D eigenvalue weighted by Crippen LogP contribution is 2.41. The van der Waals surface area contributed by atoms with Crippen molar-refractivity contribution in [3.63, 3.8) is 0 Å². The fourth-order valence-electron chi connectivity index (χ4n) is 2.12. The molecular formula is C15H8ClF6NO2. The molecule has 0 spiro atoms. The lowest BCUT2D eigenvalue weighted by atomic mass is 9.96. The number of hydrogen-bond donors (Lipinski definition) is 2. The van der Waals surface area contributed by atoms with E-state index >= 15 is 0 Å². The smallest absolute Gasteiger partial charge is 0.416 e. The molecule has 25 heavy (non-hydrogen) atoms. The molecule has 0 unspecified atom stereocenters. The molecule has 3 N–H and O–H groups in total. The van der Waals surface area contributed by atoms with Crippen LogP contribution in [0.1, 0.15) is 21.5 Å². The van der Waals surface area contributed by atoms with E-state index in [2.05, 4.69) is 0 Å². The van der Waals surface area contributed by atoms with Gasteiger partial charge in [-0.2, -0.15) is 26.3 Å². The Labute approximate surface area is 141 Å². The molecule has 0 radical (unpaired) electrons. The first-order chi connectivity index (χ1) is 11.3. The molecule has 2 rings (SSSR count). The predicted molar refractivity (Wildman–Crippen MR) is 77.1 cm³/mol. The maximum absolute atomic E-state index is 12.9. The minimum Gasteiger partial charge on any atom is -0.506 e.